The molecule has 2 aromatic rings. The number of methoxy groups -OCH3 is 1. The fourth-order valence-electron chi connectivity index (χ4n) is 1.75. The number of halogens is 1. The summed E-state index contributed by atoms with van der Waals surface area (Å²) < 4.78 is 33.5. The van der Waals surface area contributed by atoms with Gasteiger partial charge in [-0.05, 0) is 45.8 Å². The van der Waals surface area contributed by atoms with E-state index in [9.17, 15) is 8.42 Å². The van der Waals surface area contributed by atoms with E-state index in [-0.39, 0.29) is 18.0 Å². The lowest BCUT2D eigenvalue weighted by Crippen LogP contribution is -2.23. The maximum atomic E-state index is 12.4. The van der Waals surface area contributed by atoms with Crippen LogP contribution in [0.4, 0.5) is 0 Å². The van der Waals surface area contributed by atoms with Gasteiger partial charge in [0.2, 0.25) is 10.0 Å². The van der Waals surface area contributed by atoms with Crippen LogP contribution in [0.2, 0.25) is 0 Å². The Bertz CT molecular complexity index is 729. The van der Waals surface area contributed by atoms with Gasteiger partial charge in [0.1, 0.15) is 10.6 Å². The zero-order chi connectivity index (χ0) is 15.5. The maximum absolute atomic E-state index is 12.4. The molecule has 0 bridgehead atoms. The molecule has 0 fully saturated rings. The van der Waals surface area contributed by atoms with Gasteiger partial charge in [0, 0.05) is 18.0 Å². The topological polar surface area (TPSA) is 81.4 Å². The second-order valence-electron chi connectivity index (χ2n) is 4.22. The van der Waals surface area contributed by atoms with Gasteiger partial charge < -0.3 is 10.5 Å². The van der Waals surface area contributed by atoms with Crippen LogP contribution in [-0.4, -0.2) is 15.5 Å². The number of nitrogens with one attached hydrogen (secondary N) is 1. The first-order valence-corrected chi connectivity index (χ1v) is 9.16. The lowest BCUT2D eigenvalue weighted by molar-refractivity contribution is 0.402. The van der Waals surface area contributed by atoms with E-state index in [0.29, 0.717) is 5.75 Å². The number of benzene rings is 1. The lowest BCUT2D eigenvalue weighted by Gasteiger charge is -2.11. The molecule has 5 nitrogen and oxygen atoms in total. The van der Waals surface area contributed by atoms with E-state index >= 15 is 0 Å². The van der Waals surface area contributed by atoms with Crippen LogP contribution >= 0.6 is 27.3 Å². The molecule has 1 aromatic heterocycles. The number of hydrogen-bond donors (Lipinski definition) is 2. The Labute approximate surface area is 136 Å². The molecule has 0 radical (unpaired) electrons. The molecule has 21 heavy (non-hydrogen) atoms. The Hall–Kier alpha value is -0.930. The van der Waals surface area contributed by atoms with Gasteiger partial charge in [0.15, 0.2) is 0 Å². The largest absolute Gasteiger partial charge is 0.495 e. The highest BCUT2D eigenvalue weighted by Gasteiger charge is 2.20. The van der Waals surface area contributed by atoms with Gasteiger partial charge in [-0.1, -0.05) is 6.07 Å². The summed E-state index contributed by atoms with van der Waals surface area (Å²) in [7, 11) is -2.23. The van der Waals surface area contributed by atoms with E-state index in [1.165, 1.54) is 24.5 Å². The highest BCUT2D eigenvalue weighted by molar-refractivity contribution is 9.11. The Morgan fingerprint density at radius 2 is 2.10 bits per heavy atom. The number of ether oxygens (including phenoxy) is 1. The molecule has 0 amide bonds. The number of sulfonamides is 1. The molecule has 1 heterocycles. The second-order valence-corrected chi connectivity index (χ2v) is 8.50. The molecule has 0 unspecified atom stereocenters. The second kappa shape index (κ2) is 6.89. The van der Waals surface area contributed by atoms with Crippen LogP contribution in [0.1, 0.15) is 10.4 Å². The fraction of sp³-hybridized carbons (Fsp3) is 0.231. The van der Waals surface area contributed by atoms with Gasteiger partial charge in [-0.3, -0.25) is 0 Å². The van der Waals surface area contributed by atoms with Crippen molar-refractivity contribution in [1.29, 1.82) is 0 Å². The van der Waals surface area contributed by atoms with Crippen LogP contribution in [0.25, 0.3) is 0 Å². The Morgan fingerprint density at radius 3 is 2.67 bits per heavy atom. The van der Waals surface area contributed by atoms with E-state index in [0.717, 1.165) is 14.2 Å². The van der Waals surface area contributed by atoms with E-state index < -0.39 is 10.0 Å². The quantitative estimate of drug-likeness (QED) is 0.793. The van der Waals surface area contributed by atoms with Gasteiger partial charge in [-0.15, -0.1) is 11.3 Å². The fourth-order valence-corrected chi connectivity index (χ4v) is 4.49. The van der Waals surface area contributed by atoms with Crippen LogP contribution in [0.5, 0.6) is 5.75 Å². The smallest absolute Gasteiger partial charge is 0.244 e. The summed E-state index contributed by atoms with van der Waals surface area (Å²) in [6.07, 6.45) is 0. The first-order chi connectivity index (χ1) is 9.96. The van der Waals surface area contributed by atoms with Crippen LogP contribution in [-0.2, 0) is 23.1 Å². The zero-order valence-electron chi connectivity index (χ0n) is 11.3. The summed E-state index contributed by atoms with van der Waals surface area (Å²) in [5, 5.41) is 0. The predicted molar refractivity (Wildman–Crippen MR) is 86.9 cm³/mol. The van der Waals surface area contributed by atoms with Crippen molar-refractivity contribution in [2.45, 2.75) is 18.0 Å². The van der Waals surface area contributed by atoms with Gasteiger partial charge in [-0.2, -0.15) is 0 Å². The molecule has 0 saturated heterocycles. The molecule has 3 N–H and O–H groups in total. The molecular formula is C13H15BrN2O3S2. The van der Waals surface area contributed by atoms with Crippen molar-refractivity contribution in [3.8, 4) is 5.75 Å². The number of hydrogen-bond acceptors (Lipinski definition) is 5. The van der Waals surface area contributed by atoms with Crippen LogP contribution < -0.4 is 15.2 Å². The van der Waals surface area contributed by atoms with Crippen LogP contribution in [0.3, 0.4) is 0 Å². The number of thiophene rings is 1. The summed E-state index contributed by atoms with van der Waals surface area (Å²) in [6.45, 7) is 0.499. The van der Waals surface area contributed by atoms with Crippen molar-refractivity contribution in [3.05, 3.63) is 44.6 Å². The summed E-state index contributed by atoms with van der Waals surface area (Å²) in [5.74, 6) is 0.298. The highest BCUT2D eigenvalue weighted by atomic mass is 79.9. The van der Waals surface area contributed by atoms with Gasteiger partial charge in [0.05, 0.1) is 10.9 Å². The van der Waals surface area contributed by atoms with Crippen molar-refractivity contribution in [3.63, 3.8) is 0 Å². The summed E-state index contributed by atoms with van der Waals surface area (Å²) in [4.78, 5) is 1.02. The minimum atomic E-state index is -3.66. The molecule has 0 aliphatic heterocycles. The summed E-state index contributed by atoms with van der Waals surface area (Å²) in [5.41, 5.74) is 6.29. The van der Waals surface area contributed by atoms with Crippen molar-refractivity contribution < 1.29 is 13.2 Å². The van der Waals surface area contributed by atoms with Crippen molar-refractivity contribution in [2.24, 2.45) is 5.73 Å². The van der Waals surface area contributed by atoms with Crippen molar-refractivity contribution in [2.75, 3.05) is 7.11 Å². The predicted octanol–water partition coefficient (Wildman–Crippen LogP) is 2.46. The molecule has 1 aromatic carbocycles. The highest BCUT2D eigenvalue weighted by Crippen LogP contribution is 2.26. The lowest BCUT2D eigenvalue weighted by atomic mass is 10.2. The third-order valence-electron chi connectivity index (χ3n) is 2.82. The van der Waals surface area contributed by atoms with Crippen LogP contribution in [0, 0.1) is 0 Å². The average molecular weight is 391 g/mol. The maximum Gasteiger partial charge on any atom is 0.244 e. The SMILES string of the molecule is COc1ccc(CN)cc1S(=O)(=O)NCc1ccc(Br)s1. The molecule has 0 aliphatic carbocycles. The van der Waals surface area contributed by atoms with E-state index in [2.05, 4.69) is 20.7 Å². The summed E-state index contributed by atoms with van der Waals surface area (Å²) >= 11 is 4.83. The first-order valence-electron chi connectivity index (χ1n) is 6.07. The molecule has 0 aliphatic rings. The van der Waals surface area contributed by atoms with Gasteiger partial charge in [0.25, 0.3) is 0 Å². The zero-order valence-corrected chi connectivity index (χ0v) is 14.5. The molecule has 8 heteroatoms. The van der Waals surface area contributed by atoms with Crippen molar-refractivity contribution >= 4 is 37.3 Å². The standard InChI is InChI=1S/C13H15BrN2O3S2/c1-19-11-4-2-9(7-15)6-12(11)21(17,18)16-8-10-3-5-13(14)20-10/h2-6,16H,7-8,15H2,1H3. The monoisotopic (exact) mass is 390 g/mol. The Balaban J connectivity index is 2.26. The van der Waals surface area contributed by atoms with E-state index in [1.54, 1.807) is 12.1 Å². The normalized spacial score (nSPS) is 11.6. The van der Waals surface area contributed by atoms with Crippen LogP contribution in [0.15, 0.2) is 39.0 Å². The minimum absolute atomic E-state index is 0.101. The molecule has 0 atom stereocenters. The molecule has 114 valence electrons. The average Bonchev–Trinajstić information content (AvgIpc) is 2.90. The Kier molecular flexibility index (Phi) is 5.39. The van der Waals surface area contributed by atoms with E-state index in [4.69, 9.17) is 10.5 Å². The third-order valence-corrected chi connectivity index (χ3v) is 5.86. The summed E-state index contributed by atoms with van der Waals surface area (Å²) in [6, 6.07) is 8.63. The number of rotatable bonds is 6. The Morgan fingerprint density at radius 1 is 1.33 bits per heavy atom. The van der Waals surface area contributed by atoms with Gasteiger partial charge in [-0.25, -0.2) is 13.1 Å². The van der Waals surface area contributed by atoms with Crippen molar-refractivity contribution in [1.82, 2.24) is 4.72 Å². The third kappa shape index (κ3) is 4.04. The van der Waals surface area contributed by atoms with Gasteiger partial charge >= 0.3 is 0 Å². The number of nitrogens with two attached hydrogens (primary N) is 1. The van der Waals surface area contributed by atoms with E-state index in [1.807, 2.05) is 12.1 Å². The minimum Gasteiger partial charge on any atom is -0.495 e. The molecular weight excluding hydrogens is 376 g/mol. The first kappa shape index (κ1) is 16.4. The molecule has 0 saturated carbocycles. The molecule has 2 rings (SSSR count). The molecule has 0 spiro atoms.